The Morgan fingerprint density at radius 2 is 1.85 bits per heavy atom. The van der Waals surface area contributed by atoms with Gasteiger partial charge in [-0.15, -0.1) is 13.2 Å². The molecule has 2 aromatic carbocycles. The number of rotatable bonds is 5. The van der Waals surface area contributed by atoms with Crippen molar-refractivity contribution in [2.75, 3.05) is 11.9 Å². The highest BCUT2D eigenvalue weighted by atomic mass is 19.4. The zero-order valence-corrected chi connectivity index (χ0v) is 14.3. The second-order valence-corrected chi connectivity index (χ2v) is 6.20. The lowest BCUT2D eigenvalue weighted by atomic mass is 9.88. The number of aryl methyl sites for hydroxylation is 1. The molecule has 3 rings (SSSR count). The second kappa shape index (κ2) is 7.87. The SMILES string of the molecule is O=C(COc1ccc(OC(F)(F)F)cc1)Nc1cccc2c1CC(O)CC2. The topological polar surface area (TPSA) is 67.8 Å². The Labute approximate surface area is 153 Å². The number of ether oxygens (including phenoxy) is 2. The van der Waals surface area contributed by atoms with Crippen LogP contribution in [0.4, 0.5) is 18.9 Å². The number of hydrogen-bond donors (Lipinski definition) is 2. The summed E-state index contributed by atoms with van der Waals surface area (Å²) < 4.78 is 45.4. The minimum atomic E-state index is -4.76. The van der Waals surface area contributed by atoms with E-state index in [9.17, 15) is 23.1 Å². The summed E-state index contributed by atoms with van der Waals surface area (Å²) in [5, 5.41) is 12.6. The molecule has 2 aromatic rings. The van der Waals surface area contributed by atoms with Gasteiger partial charge < -0.3 is 19.9 Å². The first-order valence-corrected chi connectivity index (χ1v) is 8.37. The number of aliphatic hydroxyl groups excluding tert-OH is 1. The number of amides is 1. The standard InChI is InChI=1S/C19H18F3NO4/c20-19(21,22)27-15-8-6-14(7-9-15)26-11-18(25)23-17-3-1-2-12-4-5-13(24)10-16(12)17/h1-3,6-9,13,24H,4-5,10-11H2,(H,23,25). The van der Waals surface area contributed by atoms with Crippen LogP contribution in [0.1, 0.15) is 17.5 Å². The van der Waals surface area contributed by atoms with Crippen LogP contribution in [-0.2, 0) is 17.6 Å². The molecule has 0 saturated heterocycles. The summed E-state index contributed by atoms with van der Waals surface area (Å²) in [6.45, 7) is -0.300. The number of carbonyl (C=O) groups is 1. The maximum Gasteiger partial charge on any atom is 0.573 e. The number of nitrogens with one attached hydrogen (secondary N) is 1. The quantitative estimate of drug-likeness (QED) is 0.833. The molecule has 0 saturated carbocycles. The Bertz CT molecular complexity index is 806. The van der Waals surface area contributed by atoms with E-state index in [0.29, 0.717) is 18.5 Å². The highest BCUT2D eigenvalue weighted by Crippen LogP contribution is 2.28. The largest absolute Gasteiger partial charge is 0.573 e. The molecule has 0 spiro atoms. The van der Waals surface area contributed by atoms with Gasteiger partial charge in [0.15, 0.2) is 6.61 Å². The summed E-state index contributed by atoms with van der Waals surface area (Å²) in [5.74, 6) is -0.530. The minimum absolute atomic E-state index is 0.241. The van der Waals surface area contributed by atoms with E-state index in [1.165, 1.54) is 12.1 Å². The molecule has 1 aliphatic carbocycles. The van der Waals surface area contributed by atoms with Crippen molar-refractivity contribution in [2.24, 2.45) is 0 Å². The summed E-state index contributed by atoms with van der Waals surface area (Å²) in [6, 6.07) is 10.4. The number of carbonyl (C=O) groups excluding carboxylic acids is 1. The normalized spacial score (nSPS) is 16.4. The molecule has 144 valence electrons. The number of benzene rings is 2. The van der Waals surface area contributed by atoms with Gasteiger partial charge in [0.1, 0.15) is 11.5 Å². The van der Waals surface area contributed by atoms with Crippen molar-refractivity contribution in [3.63, 3.8) is 0 Å². The summed E-state index contributed by atoms with van der Waals surface area (Å²) in [7, 11) is 0. The van der Waals surface area contributed by atoms with Crippen molar-refractivity contribution in [1.82, 2.24) is 0 Å². The Morgan fingerprint density at radius 3 is 2.56 bits per heavy atom. The monoisotopic (exact) mass is 381 g/mol. The van der Waals surface area contributed by atoms with Gasteiger partial charge in [-0.1, -0.05) is 12.1 Å². The van der Waals surface area contributed by atoms with Gasteiger partial charge >= 0.3 is 6.36 Å². The first kappa shape index (κ1) is 19.0. The Morgan fingerprint density at radius 1 is 1.15 bits per heavy atom. The smallest absolute Gasteiger partial charge is 0.484 e. The zero-order valence-electron chi connectivity index (χ0n) is 14.3. The third kappa shape index (κ3) is 5.37. The van der Waals surface area contributed by atoms with Gasteiger partial charge in [-0.05, 0) is 54.3 Å². The van der Waals surface area contributed by atoms with Gasteiger partial charge in [0.05, 0.1) is 6.10 Å². The minimum Gasteiger partial charge on any atom is -0.484 e. The first-order valence-electron chi connectivity index (χ1n) is 8.37. The summed E-state index contributed by atoms with van der Waals surface area (Å²) in [6.07, 6.45) is -3.26. The summed E-state index contributed by atoms with van der Waals surface area (Å²) in [4.78, 5) is 12.1. The molecule has 8 heteroatoms. The molecule has 0 aliphatic heterocycles. The fourth-order valence-corrected chi connectivity index (χ4v) is 2.96. The van der Waals surface area contributed by atoms with Crippen LogP contribution < -0.4 is 14.8 Å². The third-order valence-corrected chi connectivity index (χ3v) is 4.16. The highest BCUT2D eigenvalue weighted by molar-refractivity contribution is 5.92. The number of hydrogen-bond acceptors (Lipinski definition) is 4. The van der Waals surface area contributed by atoms with Crippen LogP contribution in [0.25, 0.3) is 0 Å². The fourth-order valence-electron chi connectivity index (χ4n) is 2.96. The number of anilines is 1. The summed E-state index contributed by atoms with van der Waals surface area (Å²) >= 11 is 0. The average Bonchev–Trinajstić information content (AvgIpc) is 2.60. The molecule has 2 N–H and O–H groups in total. The van der Waals surface area contributed by atoms with Crippen LogP contribution in [0.2, 0.25) is 0 Å². The molecule has 5 nitrogen and oxygen atoms in total. The maximum atomic E-state index is 12.1. The zero-order chi connectivity index (χ0) is 19.4. The van der Waals surface area contributed by atoms with Crippen molar-refractivity contribution in [2.45, 2.75) is 31.7 Å². The van der Waals surface area contributed by atoms with Crippen LogP contribution >= 0.6 is 0 Å². The molecule has 0 fully saturated rings. The molecule has 1 unspecified atom stereocenters. The van der Waals surface area contributed by atoms with Gasteiger partial charge in [0, 0.05) is 12.1 Å². The molecule has 0 bridgehead atoms. The van der Waals surface area contributed by atoms with E-state index in [1.807, 2.05) is 12.1 Å². The van der Waals surface area contributed by atoms with Gasteiger partial charge in [-0.3, -0.25) is 4.79 Å². The van der Waals surface area contributed by atoms with E-state index in [4.69, 9.17) is 4.74 Å². The molecule has 1 aliphatic rings. The van der Waals surface area contributed by atoms with Crippen molar-refractivity contribution in [3.05, 3.63) is 53.6 Å². The van der Waals surface area contributed by atoms with E-state index in [-0.39, 0.29) is 18.1 Å². The molecular formula is C19H18F3NO4. The first-order chi connectivity index (χ1) is 12.8. The molecule has 0 heterocycles. The predicted octanol–water partition coefficient (Wildman–Crippen LogP) is 3.45. The molecule has 27 heavy (non-hydrogen) atoms. The van der Waals surface area contributed by atoms with E-state index >= 15 is 0 Å². The van der Waals surface area contributed by atoms with Crippen molar-refractivity contribution < 1.29 is 32.5 Å². The maximum absolute atomic E-state index is 12.1. The lowest BCUT2D eigenvalue weighted by Crippen LogP contribution is -2.24. The van der Waals surface area contributed by atoms with Gasteiger partial charge in [-0.25, -0.2) is 0 Å². The van der Waals surface area contributed by atoms with Gasteiger partial charge in [0.2, 0.25) is 0 Å². The van der Waals surface area contributed by atoms with E-state index in [1.54, 1.807) is 6.07 Å². The van der Waals surface area contributed by atoms with Crippen LogP contribution in [-0.4, -0.2) is 30.1 Å². The Balaban J connectivity index is 1.56. The van der Waals surface area contributed by atoms with Crippen molar-refractivity contribution in [3.8, 4) is 11.5 Å². The van der Waals surface area contributed by atoms with Crippen LogP contribution in [0, 0.1) is 0 Å². The summed E-state index contributed by atoms with van der Waals surface area (Å²) in [5.41, 5.74) is 2.64. The van der Waals surface area contributed by atoms with Crippen molar-refractivity contribution in [1.29, 1.82) is 0 Å². The molecule has 1 amide bonds. The van der Waals surface area contributed by atoms with Gasteiger partial charge in [0.25, 0.3) is 5.91 Å². The lowest BCUT2D eigenvalue weighted by molar-refractivity contribution is -0.274. The fraction of sp³-hybridized carbons (Fsp3) is 0.316. The van der Waals surface area contributed by atoms with E-state index in [2.05, 4.69) is 10.1 Å². The van der Waals surface area contributed by atoms with E-state index < -0.39 is 18.4 Å². The molecule has 1 atom stereocenters. The number of fused-ring (bicyclic) bond motifs is 1. The predicted molar refractivity (Wildman–Crippen MR) is 91.7 cm³/mol. The van der Waals surface area contributed by atoms with Crippen molar-refractivity contribution >= 4 is 11.6 Å². The number of alkyl halides is 3. The Kier molecular flexibility index (Phi) is 5.55. The molecular weight excluding hydrogens is 363 g/mol. The Hall–Kier alpha value is -2.74. The second-order valence-electron chi connectivity index (χ2n) is 6.20. The van der Waals surface area contributed by atoms with Crippen LogP contribution in [0.15, 0.2) is 42.5 Å². The van der Waals surface area contributed by atoms with Crippen LogP contribution in [0.5, 0.6) is 11.5 Å². The average molecular weight is 381 g/mol. The molecule has 0 aromatic heterocycles. The highest BCUT2D eigenvalue weighted by Gasteiger charge is 2.31. The third-order valence-electron chi connectivity index (χ3n) is 4.16. The molecule has 0 radical (unpaired) electrons. The van der Waals surface area contributed by atoms with E-state index in [0.717, 1.165) is 29.7 Å². The lowest BCUT2D eigenvalue weighted by Gasteiger charge is -2.23. The number of aliphatic hydroxyl groups is 1. The van der Waals surface area contributed by atoms with Crippen LogP contribution in [0.3, 0.4) is 0 Å². The number of halogens is 3. The van der Waals surface area contributed by atoms with Gasteiger partial charge in [-0.2, -0.15) is 0 Å².